The van der Waals surface area contributed by atoms with Crippen LogP contribution in [-0.2, 0) is 0 Å². The van der Waals surface area contributed by atoms with Crippen LogP contribution in [0.15, 0.2) is 64.1 Å². The van der Waals surface area contributed by atoms with Crippen molar-refractivity contribution in [1.82, 2.24) is 15.0 Å². The van der Waals surface area contributed by atoms with Crippen LogP contribution in [0.25, 0.3) is 11.3 Å². The molecular weight excluding hydrogens is 471 g/mol. The average Bonchev–Trinajstić information content (AvgIpc) is 3.33. The number of hydrazone groups is 1. The minimum atomic E-state index is -0.504. The molecule has 0 spiro atoms. The third-order valence-electron chi connectivity index (χ3n) is 4.77. The number of nitrogens with one attached hydrogen (secondary N) is 2. The fourth-order valence-electron chi connectivity index (χ4n) is 3.05. The Morgan fingerprint density at radius 2 is 1.83 bits per heavy atom. The fraction of sp³-hybridized carbons (Fsp3) is 0.130. The number of ether oxygens (including phenoxy) is 1. The molecule has 0 saturated heterocycles. The lowest BCUT2D eigenvalue weighted by atomic mass is 10.1. The first kappa shape index (κ1) is 24.1. The highest BCUT2D eigenvalue weighted by atomic mass is 19.1. The molecule has 2 N–H and O–H groups in total. The number of furan rings is 1. The molecular formula is C23H21FN8O4. The van der Waals surface area contributed by atoms with Crippen molar-refractivity contribution in [2.45, 2.75) is 0 Å². The summed E-state index contributed by atoms with van der Waals surface area (Å²) in [7, 11) is 4.97. The van der Waals surface area contributed by atoms with Gasteiger partial charge in [0.25, 0.3) is 5.69 Å². The van der Waals surface area contributed by atoms with Gasteiger partial charge in [-0.3, -0.25) is 10.1 Å². The highest BCUT2D eigenvalue weighted by Gasteiger charge is 2.19. The molecule has 36 heavy (non-hydrogen) atoms. The molecule has 0 amide bonds. The molecule has 0 unspecified atom stereocenters. The minimum Gasteiger partial charge on any atom is -0.497 e. The summed E-state index contributed by atoms with van der Waals surface area (Å²) in [6.07, 6.45) is 1.38. The van der Waals surface area contributed by atoms with Crippen LogP contribution in [0.4, 0.5) is 33.6 Å². The van der Waals surface area contributed by atoms with E-state index in [1.807, 2.05) is 0 Å². The Balaban J connectivity index is 1.52. The molecule has 2 heterocycles. The lowest BCUT2D eigenvalue weighted by Gasteiger charge is -2.13. The lowest BCUT2D eigenvalue weighted by molar-refractivity contribution is -0.384. The van der Waals surface area contributed by atoms with Crippen LogP contribution < -0.4 is 20.4 Å². The first-order valence-corrected chi connectivity index (χ1v) is 10.5. The van der Waals surface area contributed by atoms with Crippen molar-refractivity contribution in [3.63, 3.8) is 0 Å². The van der Waals surface area contributed by atoms with E-state index in [1.165, 1.54) is 31.5 Å². The molecule has 0 radical (unpaired) electrons. The van der Waals surface area contributed by atoms with E-state index in [2.05, 4.69) is 30.8 Å². The highest BCUT2D eigenvalue weighted by Crippen LogP contribution is 2.34. The van der Waals surface area contributed by atoms with Crippen LogP contribution in [0, 0.1) is 15.9 Å². The van der Waals surface area contributed by atoms with E-state index >= 15 is 0 Å². The quantitative estimate of drug-likeness (QED) is 0.195. The normalized spacial score (nSPS) is 10.9. The lowest BCUT2D eigenvalue weighted by Crippen LogP contribution is -2.15. The van der Waals surface area contributed by atoms with Crippen LogP contribution in [0.1, 0.15) is 5.76 Å². The predicted molar refractivity (Wildman–Crippen MR) is 132 cm³/mol. The van der Waals surface area contributed by atoms with Crippen molar-refractivity contribution in [2.24, 2.45) is 5.10 Å². The summed E-state index contributed by atoms with van der Waals surface area (Å²) in [6.45, 7) is 0. The minimum absolute atomic E-state index is 0.145. The second-order valence-corrected chi connectivity index (χ2v) is 7.52. The van der Waals surface area contributed by atoms with Gasteiger partial charge < -0.3 is 19.4 Å². The Bertz CT molecular complexity index is 1410. The van der Waals surface area contributed by atoms with Crippen molar-refractivity contribution in [3.8, 4) is 17.1 Å². The number of halogens is 1. The molecule has 0 aliphatic rings. The van der Waals surface area contributed by atoms with Gasteiger partial charge in [0.05, 0.1) is 29.9 Å². The molecule has 4 aromatic rings. The van der Waals surface area contributed by atoms with Crippen molar-refractivity contribution >= 4 is 35.4 Å². The van der Waals surface area contributed by atoms with Crippen molar-refractivity contribution in [3.05, 3.63) is 76.3 Å². The summed E-state index contributed by atoms with van der Waals surface area (Å²) < 4.78 is 23.9. The zero-order valence-electron chi connectivity index (χ0n) is 19.5. The zero-order valence-corrected chi connectivity index (χ0v) is 19.5. The van der Waals surface area contributed by atoms with Crippen LogP contribution in [0.2, 0.25) is 0 Å². The van der Waals surface area contributed by atoms with E-state index < -0.39 is 4.92 Å². The number of nitro benzene ring substituents is 1. The number of rotatable bonds is 9. The number of hydrogen-bond acceptors (Lipinski definition) is 11. The van der Waals surface area contributed by atoms with E-state index in [4.69, 9.17) is 9.15 Å². The maximum atomic E-state index is 13.2. The SMILES string of the molecule is COc1ccc(-c2ccc(/C=N\Nc3nc(Nc4ccc(F)cc4)nc(N(C)C)n3)o2)c([N+](=O)[O-])c1. The Kier molecular flexibility index (Phi) is 6.99. The van der Waals surface area contributed by atoms with Gasteiger partial charge >= 0.3 is 0 Å². The van der Waals surface area contributed by atoms with E-state index in [0.29, 0.717) is 34.5 Å². The number of aromatic nitrogens is 3. The molecule has 12 nitrogen and oxygen atoms in total. The van der Waals surface area contributed by atoms with Crippen LogP contribution in [0.5, 0.6) is 5.75 Å². The summed E-state index contributed by atoms with van der Waals surface area (Å²) in [5.74, 6) is 1.38. The fourth-order valence-corrected chi connectivity index (χ4v) is 3.05. The summed E-state index contributed by atoms with van der Waals surface area (Å²) >= 11 is 0. The van der Waals surface area contributed by atoms with Gasteiger partial charge in [0, 0.05) is 19.8 Å². The smallest absolute Gasteiger partial charge is 0.284 e. The van der Waals surface area contributed by atoms with Gasteiger partial charge in [0.1, 0.15) is 23.1 Å². The van der Waals surface area contributed by atoms with E-state index in [1.54, 1.807) is 55.4 Å². The molecule has 13 heteroatoms. The molecule has 2 aromatic heterocycles. The Hall–Kier alpha value is -5.07. The molecule has 4 rings (SSSR count). The topological polar surface area (TPSA) is 144 Å². The second kappa shape index (κ2) is 10.5. The van der Waals surface area contributed by atoms with Gasteiger partial charge in [0.15, 0.2) is 0 Å². The number of nitro groups is 1. The molecule has 0 fully saturated rings. The third kappa shape index (κ3) is 5.70. The standard InChI is InChI=1S/C23H21FN8O4/c1-31(2)23-28-21(26-15-6-4-14(24)5-7-15)27-22(29-23)30-25-13-17-9-11-20(36-17)18-10-8-16(35-3)12-19(18)32(33)34/h4-13H,1-3H3,(H2,26,27,28,29,30)/b25-13-. The first-order valence-electron chi connectivity index (χ1n) is 10.5. The summed E-state index contributed by atoms with van der Waals surface area (Å²) in [5, 5.41) is 18.5. The van der Waals surface area contributed by atoms with Gasteiger partial charge in [-0.1, -0.05) is 0 Å². The Labute approximate surface area is 204 Å². The molecule has 0 aliphatic heterocycles. The van der Waals surface area contributed by atoms with E-state index in [0.717, 1.165) is 0 Å². The van der Waals surface area contributed by atoms with Gasteiger partial charge in [0.2, 0.25) is 17.8 Å². The molecule has 0 bridgehead atoms. The monoisotopic (exact) mass is 492 g/mol. The van der Waals surface area contributed by atoms with Gasteiger partial charge in [-0.15, -0.1) is 0 Å². The maximum absolute atomic E-state index is 13.2. The summed E-state index contributed by atoms with van der Waals surface area (Å²) in [6, 6.07) is 13.5. The first-order chi connectivity index (χ1) is 17.3. The largest absolute Gasteiger partial charge is 0.497 e. The van der Waals surface area contributed by atoms with Crippen molar-refractivity contribution < 1.29 is 18.5 Å². The number of nitrogens with zero attached hydrogens (tertiary/aromatic N) is 6. The number of methoxy groups -OCH3 is 1. The number of hydrogen-bond donors (Lipinski definition) is 2. The Morgan fingerprint density at radius 1 is 1.08 bits per heavy atom. The molecule has 2 aromatic carbocycles. The van der Waals surface area contributed by atoms with E-state index in [-0.39, 0.29) is 23.4 Å². The van der Waals surface area contributed by atoms with Gasteiger partial charge in [-0.2, -0.15) is 20.1 Å². The Morgan fingerprint density at radius 3 is 2.53 bits per heavy atom. The summed E-state index contributed by atoms with van der Waals surface area (Å²) in [5.41, 5.74) is 3.47. The predicted octanol–water partition coefficient (Wildman–Crippen LogP) is 4.44. The van der Waals surface area contributed by atoms with E-state index in [9.17, 15) is 14.5 Å². The third-order valence-corrected chi connectivity index (χ3v) is 4.77. The second-order valence-electron chi connectivity index (χ2n) is 7.52. The summed E-state index contributed by atoms with van der Waals surface area (Å²) in [4.78, 5) is 25.5. The molecule has 184 valence electrons. The van der Waals surface area contributed by atoms with Crippen molar-refractivity contribution in [1.29, 1.82) is 0 Å². The van der Waals surface area contributed by atoms with Crippen LogP contribution in [-0.4, -0.2) is 47.3 Å². The van der Waals surface area contributed by atoms with Crippen LogP contribution >= 0.6 is 0 Å². The maximum Gasteiger partial charge on any atom is 0.284 e. The van der Waals surface area contributed by atoms with Gasteiger partial charge in [-0.25, -0.2) is 9.82 Å². The molecule has 0 aliphatic carbocycles. The van der Waals surface area contributed by atoms with Gasteiger partial charge in [-0.05, 0) is 48.5 Å². The number of benzene rings is 2. The zero-order chi connectivity index (χ0) is 25.7. The highest BCUT2D eigenvalue weighted by molar-refractivity contribution is 5.79. The van der Waals surface area contributed by atoms with Crippen molar-refractivity contribution in [2.75, 3.05) is 36.8 Å². The average molecular weight is 492 g/mol. The molecule has 0 atom stereocenters. The van der Waals surface area contributed by atoms with Crippen LogP contribution in [0.3, 0.4) is 0 Å². The molecule has 0 saturated carbocycles. The number of anilines is 4.